The molecule has 1 saturated carbocycles. The highest BCUT2D eigenvalue weighted by molar-refractivity contribution is 7.90. The minimum atomic E-state index is -4.83. The summed E-state index contributed by atoms with van der Waals surface area (Å²) >= 11 is 0. The van der Waals surface area contributed by atoms with Gasteiger partial charge in [0.15, 0.2) is 11.4 Å². The molecule has 14 nitrogen and oxygen atoms in total. The zero-order valence-electron chi connectivity index (χ0n) is 37.7. The minimum Gasteiger partial charge on any atom is -0.489 e. The Morgan fingerprint density at radius 3 is 2.49 bits per heavy atom. The highest BCUT2D eigenvalue weighted by Crippen LogP contribution is 2.54. The van der Waals surface area contributed by atoms with E-state index in [0.29, 0.717) is 23.6 Å². The number of hydrogen-bond donors (Lipinski definition) is 3. The van der Waals surface area contributed by atoms with Gasteiger partial charge < -0.3 is 24.7 Å². The van der Waals surface area contributed by atoms with Crippen LogP contribution in [0.1, 0.15) is 103 Å². The van der Waals surface area contributed by atoms with Gasteiger partial charge in [0.25, 0.3) is 21.6 Å². The van der Waals surface area contributed by atoms with E-state index in [2.05, 4.69) is 63.2 Å². The Labute approximate surface area is 395 Å². The number of nitro benzene ring substituents is 1. The van der Waals surface area contributed by atoms with Crippen molar-refractivity contribution in [2.75, 3.05) is 36.5 Å². The Balaban J connectivity index is 0.868. The topological polar surface area (TPSA) is 172 Å². The number of hydrogen-bond acceptors (Lipinski definition) is 11. The second kappa shape index (κ2) is 17.7. The molecule has 5 heterocycles. The number of fused-ring (bicyclic) bond motifs is 2. The number of alkyl halides is 3. The van der Waals surface area contributed by atoms with Gasteiger partial charge in [-0.05, 0) is 103 Å². The number of carbonyl (C=O) groups is 1. The number of sulfonamides is 1. The first-order valence-electron chi connectivity index (χ1n) is 23.0. The number of H-pyrrole nitrogens is 1. The second-order valence-corrected chi connectivity index (χ2v) is 20.5. The number of halogens is 4. The molecule has 3 N–H and O–H groups in total. The molecule has 0 radical (unpaired) electrons. The van der Waals surface area contributed by atoms with Crippen LogP contribution in [0.4, 0.5) is 34.6 Å². The van der Waals surface area contributed by atoms with Crippen LogP contribution in [0.2, 0.25) is 0 Å². The third kappa shape index (κ3) is 8.93. The van der Waals surface area contributed by atoms with Crippen LogP contribution in [-0.2, 0) is 16.2 Å². The molecule has 2 aromatic heterocycles. The normalized spacial score (nSPS) is 19.5. The van der Waals surface area contributed by atoms with Gasteiger partial charge >= 0.3 is 6.18 Å². The van der Waals surface area contributed by atoms with Crippen molar-refractivity contribution in [3.63, 3.8) is 0 Å². The maximum atomic E-state index is 14.7. The maximum Gasteiger partial charge on any atom is 0.416 e. The van der Waals surface area contributed by atoms with Crippen molar-refractivity contribution in [3.8, 4) is 17.2 Å². The van der Waals surface area contributed by atoms with Crippen molar-refractivity contribution in [3.05, 3.63) is 141 Å². The molecule has 0 bridgehead atoms. The highest BCUT2D eigenvalue weighted by atomic mass is 32.2. The molecular formula is C50H49F4N7O7S. The Morgan fingerprint density at radius 1 is 1.01 bits per heavy atom. The summed E-state index contributed by atoms with van der Waals surface area (Å²) in [5.74, 6) is -1.42. The molecule has 4 aliphatic rings. The van der Waals surface area contributed by atoms with Crippen LogP contribution in [0.15, 0.2) is 102 Å². The molecular weight excluding hydrogens is 919 g/mol. The lowest BCUT2D eigenvalue weighted by Gasteiger charge is -2.56. The van der Waals surface area contributed by atoms with Gasteiger partial charge in [0.05, 0.1) is 38.6 Å². The van der Waals surface area contributed by atoms with Crippen LogP contribution in [0.25, 0.3) is 11.0 Å². The van der Waals surface area contributed by atoms with Crippen LogP contribution in [0.5, 0.6) is 17.2 Å². The lowest BCUT2D eigenvalue weighted by Crippen LogP contribution is -2.54. The average Bonchev–Trinajstić information content (AvgIpc) is 3.96. The third-order valence-electron chi connectivity index (χ3n) is 14.3. The Bertz CT molecular complexity index is 3080. The number of likely N-dealkylation sites (tertiary alicyclic amines) is 1. The molecule has 19 heteroatoms. The summed E-state index contributed by atoms with van der Waals surface area (Å²) in [6.45, 7) is 6.89. The fourth-order valence-electron chi connectivity index (χ4n) is 10.7. The quantitative estimate of drug-likeness (QED) is 0.0641. The molecule has 360 valence electrons. The number of ether oxygens (including phenoxy) is 2. The van der Waals surface area contributed by atoms with Crippen molar-refractivity contribution in [2.24, 2.45) is 5.41 Å². The first-order chi connectivity index (χ1) is 32.9. The van der Waals surface area contributed by atoms with Crippen molar-refractivity contribution in [1.82, 2.24) is 19.6 Å². The van der Waals surface area contributed by atoms with Gasteiger partial charge in [-0.1, -0.05) is 50.2 Å². The predicted molar refractivity (Wildman–Crippen MR) is 250 cm³/mol. The van der Waals surface area contributed by atoms with E-state index in [1.54, 1.807) is 12.1 Å². The number of aromatic nitrogens is 2. The van der Waals surface area contributed by atoms with Gasteiger partial charge in [-0.25, -0.2) is 22.5 Å². The molecule has 3 aliphatic heterocycles. The number of rotatable bonds is 11. The monoisotopic (exact) mass is 967 g/mol. The van der Waals surface area contributed by atoms with Gasteiger partial charge in [0.1, 0.15) is 29.6 Å². The lowest BCUT2D eigenvalue weighted by atomic mass is 9.59. The average molecular weight is 968 g/mol. The first-order valence-corrected chi connectivity index (χ1v) is 24.4. The molecule has 3 fully saturated rings. The van der Waals surface area contributed by atoms with E-state index in [-0.39, 0.29) is 51.6 Å². The molecule has 2 saturated heterocycles. The summed E-state index contributed by atoms with van der Waals surface area (Å²) in [7, 11) is -4.83. The van der Waals surface area contributed by atoms with Crippen molar-refractivity contribution in [2.45, 2.75) is 87.5 Å². The SMILES string of the molecule is CC(C)c1ccccc1[C@@H]1CCCN1C1CC2(CCN(c3ccc(C(=O)NS(=O)(=O)c4cc5c(c([N+](=O)[O-])c4)N[C@@H](c4ccc(C(F)(F)F)cc4)CO5)c(Oc4cnc5[nH]cc(F)c5c4)c3)CC2)C1. The van der Waals surface area contributed by atoms with Crippen molar-refractivity contribution < 1.29 is 45.2 Å². The van der Waals surface area contributed by atoms with Gasteiger partial charge in [-0.15, -0.1) is 0 Å². The number of nitrogens with one attached hydrogen (secondary N) is 3. The fraction of sp³-hybridized carbons (Fsp3) is 0.360. The standard InChI is InChI=1S/C50H49F4N7O7S/c1-29(2)36-6-3-4-7-37(36)42-8-5-17-60(42)33-24-49(25-33)15-18-59(19-16-49)32-13-14-38(44(20-32)68-34-21-39-40(51)27-56-47(39)55-26-34)48(62)58-69(65,66)35-22-43(61(63)64)46-45(23-35)67-28-41(57-46)30-9-11-31(12-10-30)50(52,53)54/h3-4,6-7,9-14,20-23,26-27,29,33,41-42,57H,5,8,15-19,24-25,28H2,1-2H3,(H,55,56)(H,58,62)/t41-,42+/m1/s1. The summed E-state index contributed by atoms with van der Waals surface area (Å²) in [6.07, 6.45) is 4.48. The van der Waals surface area contributed by atoms with E-state index in [1.807, 2.05) is 4.72 Å². The van der Waals surface area contributed by atoms with Crippen LogP contribution in [0, 0.1) is 21.3 Å². The van der Waals surface area contributed by atoms with E-state index in [1.165, 1.54) is 54.4 Å². The zero-order valence-corrected chi connectivity index (χ0v) is 38.5. The molecule has 10 rings (SSSR count). The summed E-state index contributed by atoms with van der Waals surface area (Å²) in [5, 5.41) is 15.4. The lowest BCUT2D eigenvalue weighted by molar-refractivity contribution is -0.384. The van der Waals surface area contributed by atoms with E-state index in [9.17, 15) is 40.9 Å². The van der Waals surface area contributed by atoms with Crippen molar-refractivity contribution in [1.29, 1.82) is 0 Å². The molecule has 0 unspecified atom stereocenters. The van der Waals surface area contributed by atoms with Crippen molar-refractivity contribution >= 4 is 44.0 Å². The smallest absolute Gasteiger partial charge is 0.416 e. The number of piperidine rings is 1. The largest absolute Gasteiger partial charge is 0.489 e. The van der Waals surface area contributed by atoms with Gasteiger partial charge in [0.2, 0.25) is 0 Å². The third-order valence-corrected chi connectivity index (χ3v) is 15.6. The number of anilines is 2. The van der Waals surface area contributed by atoms with Crippen LogP contribution >= 0.6 is 0 Å². The number of amides is 1. The van der Waals surface area contributed by atoms with Crippen LogP contribution in [0.3, 0.4) is 0 Å². The number of carbonyl (C=O) groups excluding carboxylic acids is 1. The van der Waals surface area contributed by atoms with E-state index in [0.717, 1.165) is 81.5 Å². The Kier molecular flexibility index (Phi) is 11.8. The molecule has 1 spiro atoms. The van der Waals surface area contributed by atoms with E-state index in [4.69, 9.17) is 9.47 Å². The van der Waals surface area contributed by atoms with Crippen LogP contribution in [-0.4, -0.2) is 66.4 Å². The number of benzene rings is 4. The molecule has 2 atom stereocenters. The summed E-state index contributed by atoms with van der Waals surface area (Å²) < 4.78 is 96.0. The number of pyridine rings is 1. The second-order valence-electron chi connectivity index (χ2n) is 18.8. The summed E-state index contributed by atoms with van der Waals surface area (Å²) in [4.78, 5) is 36.8. The summed E-state index contributed by atoms with van der Waals surface area (Å²) in [6, 6.07) is 21.2. The Hall–Kier alpha value is -6.73. The number of aromatic amines is 1. The first kappa shape index (κ1) is 46.0. The number of nitrogens with zero attached hydrogens (tertiary/aromatic N) is 4. The zero-order chi connectivity index (χ0) is 48.4. The molecule has 6 aromatic rings. The Morgan fingerprint density at radius 2 is 1.77 bits per heavy atom. The number of nitro groups is 1. The van der Waals surface area contributed by atoms with E-state index < -0.39 is 55.0 Å². The van der Waals surface area contributed by atoms with Gasteiger partial charge in [0, 0.05) is 55.3 Å². The summed E-state index contributed by atoms with van der Waals surface area (Å²) in [5.41, 5.74) is 2.47. The molecule has 4 aromatic carbocycles. The van der Waals surface area contributed by atoms with E-state index >= 15 is 0 Å². The maximum absolute atomic E-state index is 14.7. The van der Waals surface area contributed by atoms with Crippen LogP contribution < -0.4 is 24.4 Å². The molecule has 1 amide bonds. The predicted octanol–water partition coefficient (Wildman–Crippen LogP) is 10.8. The highest BCUT2D eigenvalue weighted by Gasteiger charge is 2.50. The fourth-order valence-corrected chi connectivity index (χ4v) is 11.7. The van der Waals surface area contributed by atoms with Gasteiger partial charge in [-0.2, -0.15) is 13.2 Å². The minimum absolute atomic E-state index is 0.0405. The molecule has 69 heavy (non-hydrogen) atoms. The van der Waals surface area contributed by atoms with Gasteiger partial charge in [-0.3, -0.25) is 19.8 Å². The molecule has 1 aliphatic carbocycles.